The van der Waals surface area contributed by atoms with Crippen LogP contribution in [0.3, 0.4) is 0 Å². The summed E-state index contributed by atoms with van der Waals surface area (Å²) in [4.78, 5) is 49.8. The number of carbonyl (C=O) groups excluding carboxylic acids is 2. The molecule has 132 valence electrons. The van der Waals surface area contributed by atoms with Crippen molar-refractivity contribution >= 4 is 17.6 Å². The van der Waals surface area contributed by atoms with Gasteiger partial charge in [-0.15, -0.1) is 0 Å². The van der Waals surface area contributed by atoms with Crippen molar-refractivity contribution in [3.63, 3.8) is 0 Å². The summed E-state index contributed by atoms with van der Waals surface area (Å²) in [5.74, 6) is -1.51. The Kier molecular flexibility index (Phi) is 5.21. The van der Waals surface area contributed by atoms with Crippen LogP contribution in [0, 0.1) is 0 Å². The first kappa shape index (κ1) is 18.2. The third kappa shape index (κ3) is 5.17. The molecule has 1 aromatic carbocycles. The molecular weight excluding hydrogens is 326 g/mol. The molecule has 3 N–H and O–H groups in total. The van der Waals surface area contributed by atoms with Crippen LogP contribution in [0.4, 0.5) is 5.69 Å². The van der Waals surface area contributed by atoms with E-state index < -0.39 is 29.7 Å². The van der Waals surface area contributed by atoms with Crippen LogP contribution in [-0.4, -0.2) is 28.5 Å². The Hall–Kier alpha value is -3.16. The van der Waals surface area contributed by atoms with Crippen molar-refractivity contribution in [3.05, 3.63) is 62.4 Å². The third-order valence-corrected chi connectivity index (χ3v) is 3.35. The summed E-state index contributed by atoms with van der Waals surface area (Å²) in [7, 11) is 0. The van der Waals surface area contributed by atoms with E-state index in [1.807, 2.05) is 17.1 Å². The minimum absolute atomic E-state index is 0.00249. The highest BCUT2D eigenvalue weighted by atomic mass is 16.5. The van der Waals surface area contributed by atoms with Gasteiger partial charge in [0.1, 0.15) is 5.69 Å². The van der Waals surface area contributed by atoms with Crippen LogP contribution < -0.4 is 16.6 Å². The summed E-state index contributed by atoms with van der Waals surface area (Å²) in [6.07, 6.45) is 0. The average molecular weight is 345 g/mol. The molecule has 0 aliphatic heterocycles. The van der Waals surface area contributed by atoms with Gasteiger partial charge in [-0.05, 0) is 23.1 Å². The molecule has 1 amide bonds. The van der Waals surface area contributed by atoms with Gasteiger partial charge < -0.3 is 15.0 Å². The summed E-state index contributed by atoms with van der Waals surface area (Å²) in [6, 6.07) is 8.21. The normalized spacial score (nSPS) is 11.0. The molecule has 0 radical (unpaired) electrons. The molecule has 0 unspecified atom stereocenters. The molecule has 8 heteroatoms. The topological polar surface area (TPSA) is 121 Å². The largest absolute Gasteiger partial charge is 0.451 e. The Labute approximate surface area is 143 Å². The fourth-order valence-electron chi connectivity index (χ4n) is 2.04. The zero-order valence-electron chi connectivity index (χ0n) is 14.1. The van der Waals surface area contributed by atoms with Gasteiger partial charge in [0.2, 0.25) is 0 Å². The van der Waals surface area contributed by atoms with Crippen LogP contribution in [0.5, 0.6) is 0 Å². The molecule has 1 aromatic heterocycles. The number of aromatic amines is 2. The molecule has 25 heavy (non-hydrogen) atoms. The second-order valence-corrected chi connectivity index (χ2v) is 6.45. The number of benzene rings is 1. The van der Waals surface area contributed by atoms with E-state index >= 15 is 0 Å². The van der Waals surface area contributed by atoms with E-state index in [1.54, 1.807) is 12.1 Å². The van der Waals surface area contributed by atoms with Gasteiger partial charge in [-0.1, -0.05) is 32.9 Å². The van der Waals surface area contributed by atoms with E-state index in [0.717, 1.165) is 11.6 Å². The first-order valence-corrected chi connectivity index (χ1v) is 7.56. The smallest absolute Gasteiger partial charge is 0.355 e. The Morgan fingerprint density at radius 2 is 1.72 bits per heavy atom. The first-order valence-electron chi connectivity index (χ1n) is 7.56. The lowest BCUT2D eigenvalue weighted by molar-refractivity contribution is -0.119. The highest BCUT2D eigenvalue weighted by molar-refractivity contribution is 5.94. The maximum Gasteiger partial charge on any atom is 0.355 e. The van der Waals surface area contributed by atoms with Gasteiger partial charge >= 0.3 is 11.7 Å². The second kappa shape index (κ2) is 7.16. The fourth-order valence-corrected chi connectivity index (χ4v) is 2.04. The number of nitrogens with one attached hydrogen (secondary N) is 3. The zero-order chi connectivity index (χ0) is 18.6. The number of esters is 1. The molecule has 0 saturated heterocycles. The SMILES string of the molecule is CC(C)(C)c1ccc(NC(=O)COC(=O)c2cc(=O)[nH]c(=O)[nH]2)cc1. The maximum absolute atomic E-state index is 11.8. The lowest BCUT2D eigenvalue weighted by Gasteiger charge is -2.19. The van der Waals surface area contributed by atoms with Gasteiger partial charge in [0, 0.05) is 11.8 Å². The Balaban J connectivity index is 1.93. The van der Waals surface area contributed by atoms with Crippen LogP contribution >= 0.6 is 0 Å². The van der Waals surface area contributed by atoms with Crippen molar-refractivity contribution in [2.75, 3.05) is 11.9 Å². The third-order valence-electron chi connectivity index (χ3n) is 3.35. The van der Waals surface area contributed by atoms with E-state index in [-0.39, 0.29) is 11.1 Å². The summed E-state index contributed by atoms with van der Waals surface area (Å²) in [5, 5.41) is 2.59. The number of rotatable bonds is 4. The van der Waals surface area contributed by atoms with Crippen molar-refractivity contribution in [1.29, 1.82) is 0 Å². The number of H-pyrrole nitrogens is 2. The van der Waals surface area contributed by atoms with Crippen LogP contribution in [0.25, 0.3) is 0 Å². The molecule has 0 aliphatic carbocycles. The number of ether oxygens (including phenoxy) is 1. The number of hydrogen-bond donors (Lipinski definition) is 3. The minimum Gasteiger partial charge on any atom is -0.451 e. The van der Waals surface area contributed by atoms with E-state index in [2.05, 4.69) is 31.1 Å². The predicted octanol–water partition coefficient (Wildman–Crippen LogP) is 1.16. The Bertz CT molecular complexity index is 860. The van der Waals surface area contributed by atoms with E-state index in [1.165, 1.54) is 0 Å². The van der Waals surface area contributed by atoms with Crippen molar-refractivity contribution in [1.82, 2.24) is 9.97 Å². The summed E-state index contributed by atoms with van der Waals surface area (Å²) >= 11 is 0. The van der Waals surface area contributed by atoms with Crippen molar-refractivity contribution in [2.24, 2.45) is 0 Å². The molecule has 1 heterocycles. The minimum atomic E-state index is -0.971. The van der Waals surface area contributed by atoms with Crippen LogP contribution in [0.2, 0.25) is 0 Å². The summed E-state index contributed by atoms with van der Waals surface area (Å²) < 4.78 is 4.78. The molecule has 0 bridgehead atoms. The summed E-state index contributed by atoms with van der Waals surface area (Å²) in [6.45, 7) is 5.70. The molecule has 2 aromatic rings. The summed E-state index contributed by atoms with van der Waals surface area (Å²) in [5.41, 5.74) is -0.200. The Morgan fingerprint density at radius 1 is 1.08 bits per heavy atom. The molecule has 0 spiro atoms. The van der Waals surface area contributed by atoms with Gasteiger partial charge in [0.05, 0.1) is 0 Å². The van der Waals surface area contributed by atoms with E-state index in [4.69, 9.17) is 4.74 Å². The van der Waals surface area contributed by atoms with Crippen molar-refractivity contribution in [2.45, 2.75) is 26.2 Å². The quantitative estimate of drug-likeness (QED) is 0.718. The standard InChI is InChI=1S/C17H19N3O5/c1-17(2,3)10-4-6-11(7-5-10)18-14(22)9-25-15(23)12-8-13(21)20-16(24)19-12/h4-8H,9H2,1-3H3,(H,18,22)(H2,19,20,21,24). The fraction of sp³-hybridized carbons (Fsp3) is 0.294. The molecule has 8 nitrogen and oxygen atoms in total. The van der Waals surface area contributed by atoms with Crippen molar-refractivity contribution in [3.8, 4) is 0 Å². The number of carbonyl (C=O) groups is 2. The molecule has 0 aliphatic rings. The zero-order valence-corrected chi connectivity index (χ0v) is 14.1. The van der Waals surface area contributed by atoms with Gasteiger partial charge in [0.25, 0.3) is 11.5 Å². The van der Waals surface area contributed by atoms with Gasteiger partial charge in [-0.25, -0.2) is 9.59 Å². The maximum atomic E-state index is 11.8. The predicted molar refractivity (Wildman–Crippen MR) is 91.7 cm³/mol. The molecular formula is C17H19N3O5. The molecule has 0 atom stereocenters. The van der Waals surface area contributed by atoms with Crippen LogP contribution in [-0.2, 0) is 14.9 Å². The van der Waals surface area contributed by atoms with Crippen LogP contribution in [0.1, 0.15) is 36.8 Å². The van der Waals surface area contributed by atoms with Gasteiger partial charge in [0.15, 0.2) is 6.61 Å². The lowest BCUT2D eigenvalue weighted by Crippen LogP contribution is -2.27. The van der Waals surface area contributed by atoms with Gasteiger partial charge in [-0.3, -0.25) is 14.6 Å². The second-order valence-electron chi connectivity index (χ2n) is 6.45. The first-order chi connectivity index (χ1) is 11.6. The van der Waals surface area contributed by atoms with Crippen molar-refractivity contribution < 1.29 is 14.3 Å². The average Bonchev–Trinajstić information content (AvgIpc) is 2.51. The van der Waals surface area contributed by atoms with E-state index in [0.29, 0.717) is 5.69 Å². The Morgan fingerprint density at radius 3 is 2.28 bits per heavy atom. The number of anilines is 1. The highest BCUT2D eigenvalue weighted by Crippen LogP contribution is 2.23. The molecule has 0 saturated carbocycles. The van der Waals surface area contributed by atoms with Crippen LogP contribution in [0.15, 0.2) is 39.9 Å². The number of hydrogen-bond acceptors (Lipinski definition) is 5. The lowest BCUT2D eigenvalue weighted by atomic mass is 9.87. The number of amides is 1. The van der Waals surface area contributed by atoms with E-state index in [9.17, 15) is 19.2 Å². The number of aromatic nitrogens is 2. The highest BCUT2D eigenvalue weighted by Gasteiger charge is 2.14. The molecule has 0 fully saturated rings. The molecule has 2 rings (SSSR count). The monoisotopic (exact) mass is 345 g/mol. The van der Waals surface area contributed by atoms with Gasteiger partial charge in [-0.2, -0.15) is 0 Å².